The third-order valence-corrected chi connectivity index (χ3v) is 2.53. The molecule has 0 fully saturated rings. The van der Waals surface area contributed by atoms with Crippen molar-refractivity contribution in [2.24, 2.45) is 0 Å². The molecule has 0 amide bonds. The van der Waals surface area contributed by atoms with Crippen LogP contribution in [0, 0.1) is 0 Å². The van der Waals surface area contributed by atoms with Crippen LogP contribution in [0.2, 0.25) is 0 Å². The highest BCUT2D eigenvalue weighted by atomic mass is 16.1. The first-order chi connectivity index (χ1) is 6.81. The lowest BCUT2D eigenvalue weighted by atomic mass is 10.1. The number of hydrogen-bond donors (Lipinski definition) is 0. The number of allylic oxidation sites excluding steroid dienone is 2. The van der Waals surface area contributed by atoms with Gasteiger partial charge in [0.2, 0.25) is 0 Å². The van der Waals surface area contributed by atoms with E-state index in [2.05, 4.69) is 6.92 Å². The van der Waals surface area contributed by atoms with Gasteiger partial charge in [-0.2, -0.15) is 0 Å². The highest BCUT2D eigenvalue weighted by Gasteiger charge is 1.92. The minimum absolute atomic E-state index is 0.885. The van der Waals surface area contributed by atoms with Gasteiger partial charge in [0.1, 0.15) is 6.29 Å². The van der Waals surface area contributed by atoms with Crippen LogP contribution in [0.4, 0.5) is 0 Å². The van der Waals surface area contributed by atoms with Crippen LogP contribution in [0.1, 0.15) is 65.2 Å². The molecule has 0 aliphatic rings. The Balaban J connectivity index is 3.13. The molecule has 0 aromatic carbocycles. The fourth-order valence-electron chi connectivity index (χ4n) is 1.56. The van der Waals surface area contributed by atoms with Crippen molar-refractivity contribution in [2.45, 2.75) is 65.2 Å². The molecule has 0 aliphatic carbocycles. The maximum atomic E-state index is 10.1. The van der Waals surface area contributed by atoms with E-state index in [1.807, 2.05) is 6.92 Å². The predicted molar refractivity (Wildman–Crippen MR) is 62.4 cm³/mol. The van der Waals surface area contributed by atoms with E-state index in [0.29, 0.717) is 0 Å². The molecule has 0 unspecified atom stereocenters. The van der Waals surface area contributed by atoms with Gasteiger partial charge < -0.3 is 0 Å². The molecule has 0 rings (SSSR count). The molecule has 0 aliphatic heterocycles. The van der Waals surface area contributed by atoms with Crippen molar-refractivity contribution in [1.82, 2.24) is 0 Å². The van der Waals surface area contributed by atoms with Gasteiger partial charge in [-0.3, -0.25) is 4.79 Å². The molecule has 0 atom stereocenters. The number of unbranched alkanes of at least 4 members (excludes halogenated alkanes) is 6. The monoisotopic (exact) mass is 196 g/mol. The molecule has 0 spiro atoms. The van der Waals surface area contributed by atoms with Crippen LogP contribution >= 0.6 is 0 Å². The van der Waals surface area contributed by atoms with Gasteiger partial charge in [-0.1, -0.05) is 51.0 Å². The van der Waals surface area contributed by atoms with Crippen molar-refractivity contribution in [3.05, 3.63) is 11.6 Å². The smallest absolute Gasteiger partial charge is 0.142 e. The summed E-state index contributed by atoms with van der Waals surface area (Å²) < 4.78 is 0. The summed E-state index contributed by atoms with van der Waals surface area (Å²) in [6.45, 7) is 4.28. The van der Waals surface area contributed by atoms with Crippen molar-refractivity contribution in [3.63, 3.8) is 0 Å². The molecule has 0 aromatic heterocycles. The van der Waals surface area contributed by atoms with Gasteiger partial charge in [-0.25, -0.2) is 0 Å². The Labute approximate surface area is 88.6 Å². The Morgan fingerprint density at radius 2 is 1.57 bits per heavy atom. The van der Waals surface area contributed by atoms with Crippen molar-refractivity contribution < 1.29 is 4.79 Å². The van der Waals surface area contributed by atoms with Crippen LogP contribution in [0.15, 0.2) is 11.6 Å². The molecular weight excluding hydrogens is 172 g/mol. The summed E-state index contributed by atoms with van der Waals surface area (Å²) in [4.78, 5) is 10.1. The molecule has 14 heavy (non-hydrogen) atoms. The third-order valence-electron chi connectivity index (χ3n) is 2.53. The Kier molecular flexibility index (Phi) is 10.0. The van der Waals surface area contributed by atoms with E-state index in [1.54, 1.807) is 6.08 Å². The zero-order valence-electron chi connectivity index (χ0n) is 9.72. The summed E-state index contributed by atoms with van der Waals surface area (Å²) in [6, 6.07) is 0. The van der Waals surface area contributed by atoms with Gasteiger partial charge in [-0.15, -0.1) is 0 Å². The van der Waals surface area contributed by atoms with Crippen LogP contribution < -0.4 is 0 Å². The van der Waals surface area contributed by atoms with E-state index in [0.717, 1.165) is 12.7 Å². The van der Waals surface area contributed by atoms with Crippen molar-refractivity contribution >= 4 is 6.29 Å². The third kappa shape index (κ3) is 9.50. The van der Waals surface area contributed by atoms with E-state index in [9.17, 15) is 4.79 Å². The van der Waals surface area contributed by atoms with Gasteiger partial charge in [-0.05, 0) is 25.8 Å². The minimum atomic E-state index is 0.885. The maximum absolute atomic E-state index is 10.1. The quantitative estimate of drug-likeness (QED) is 0.306. The largest absolute Gasteiger partial charge is 0.299 e. The van der Waals surface area contributed by atoms with E-state index in [4.69, 9.17) is 0 Å². The van der Waals surface area contributed by atoms with Gasteiger partial charge in [0.05, 0.1) is 0 Å². The molecule has 0 radical (unpaired) electrons. The SMILES string of the molecule is CCCCCCCCC/C(C)=C/C=O. The van der Waals surface area contributed by atoms with Crippen molar-refractivity contribution in [1.29, 1.82) is 0 Å². The topological polar surface area (TPSA) is 17.1 Å². The van der Waals surface area contributed by atoms with Gasteiger partial charge >= 0.3 is 0 Å². The van der Waals surface area contributed by atoms with Crippen molar-refractivity contribution in [3.8, 4) is 0 Å². The molecule has 0 saturated heterocycles. The Morgan fingerprint density at radius 1 is 1.00 bits per heavy atom. The summed E-state index contributed by atoms with van der Waals surface area (Å²) in [6.07, 6.45) is 13.0. The van der Waals surface area contributed by atoms with E-state index >= 15 is 0 Å². The standard InChI is InChI=1S/C13H24O/c1-3-4-5-6-7-8-9-10-13(2)11-12-14/h11-12H,3-10H2,1-2H3/b13-11+. The number of carbonyl (C=O) groups is 1. The van der Waals surface area contributed by atoms with E-state index in [-0.39, 0.29) is 0 Å². The van der Waals surface area contributed by atoms with Crippen LogP contribution in [-0.2, 0) is 4.79 Å². The summed E-state index contributed by atoms with van der Waals surface area (Å²) in [5.41, 5.74) is 1.22. The van der Waals surface area contributed by atoms with E-state index in [1.165, 1.54) is 50.5 Å². The zero-order chi connectivity index (χ0) is 10.6. The Morgan fingerprint density at radius 3 is 2.14 bits per heavy atom. The van der Waals surface area contributed by atoms with Gasteiger partial charge in [0.25, 0.3) is 0 Å². The second kappa shape index (κ2) is 10.5. The average Bonchev–Trinajstić information content (AvgIpc) is 2.17. The molecule has 0 saturated carbocycles. The number of carbonyl (C=O) groups excluding carboxylic acids is 1. The zero-order valence-corrected chi connectivity index (χ0v) is 9.72. The second-order valence-corrected chi connectivity index (χ2v) is 4.02. The summed E-state index contributed by atoms with van der Waals surface area (Å²) in [5.74, 6) is 0. The first-order valence-electron chi connectivity index (χ1n) is 5.92. The highest BCUT2D eigenvalue weighted by Crippen LogP contribution is 2.11. The minimum Gasteiger partial charge on any atom is -0.299 e. The summed E-state index contributed by atoms with van der Waals surface area (Å²) in [5, 5.41) is 0. The molecule has 0 N–H and O–H groups in total. The van der Waals surface area contributed by atoms with Crippen molar-refractivity contribution in [2.75, 3.05) is 0 Å². The lowest BCUT2D eigenvalue weighted by molar-refractivity contribution is -0.104. The Hall–Kier alpha value is -0.590. The fourth-order valence-corrected chi connectivity index (χ4v) is 1.56. The average molecular weight is 196 g/mol. The molecule has 82 valence electrons. The Bertz CT molecular complexity index is 159. The predicted octanol–water partition coefficient (Wildman–Crippen LogP) is 4.27. The normalized spacial score (nSPS) is 11.7. The second-order valence-electron chi connectivity index (χ2n) is 4.02. The summed E-state index contributed by atoms with van der Waals surface area (Å²) >= 11 is 0. The molecular formula is C13H24O. The highest BCUT2D eigenvalue weighted by molar-refractivity contribution is 5.65. The molecule has 1 nitrogen and oxygen atoms in total. The maximum Gasteiger partial charge on any atom is 0.142 e. The van der Waals surface area contributed by atoms with Crippen LogP contribution in [-0.4, -0.2) is 6.29 Å². The lowest BCUT2D eigenvalue weighted by Gasteiger charge is -2.01. The lowest BCUT2D eigenvalue weighted by Crippen LogP contribution is -1.82. The molecule has 1 heteroatoms. The van der Waals surface area contributed by atoms with Gasteiger partial charge in [0, 0.05) is 0 Å². The molecule has 0 heterocycles. The summed E-state index contributed by atoms with van der Waals surface area (Å²) in [7, 11) is 0. The van der Waals surface area contributed by atoms with Crippen LogP contribution in [0.25, 0.3) is 0 Å². The first kappa shape index (κ1) is 13.4. The first-order valence-corrected chi connectivity index (χ1v) is 5.92. The van der Waals surface area contributed by atoms with Gasteiger partial charge in [0.15, 0.2) is 0 Å². The fraction of sp³-hybridized carbons (Fsp3) is 0.769. The number of hydrogen-bond acceptors (Lipinski definition) is 1. The van der Waals surface area contributed by atoms with Crippen LogP contribution in [0.5, 0.6) is 0 Å². The molecule has 0 bridgehead atoms. The number of rotatable bonds is 9. The number of aldehydes is 1. The van der Waals surface area contributed by atoms with E-state index < -0.39 is 0 Å². The molecule has 0 aromatic rings. The van der Waals surface area contributed by atoms with Crippen LogP contribution in [0.3, 0.4) is 0 Å².